The van der Waals surface area contributed by atoms with Crippen molar-refractivity contribution in [2.24, 2.45) is 5.14 Å². The van der Waals surface area contributed by atoms with Gasteiger partial charge in [0.1, 0.15) is 0 Å². The molecule has 2 N–H and O–H groups in total. The lowest BCUT2D eigenvalue weighted by molar-refractivity contribution is -0.123. The SMILES string of the molecule is CCc1ccc(N2C(=O)CN(CCc3ccc(S(N)(=O)=O)cc3)C3CS(=O)(=O)CC32)cc1. The lowest BCUT2D eigenvalue weighted by atomic mass is 10.0. The topological polar surface area (TPSA) is 118 Å². The van der Waals surface area contributed by atoms with Gasteiger partial charge in [-0.25, -0.2) is 22.0 Å². The molecule has 4 rings (SSSR count). The van der Waals surface area contributed by atoms with Gasteiger partial charge in [-0.05, 0) is 48.2 Å². The van der Waals surface area contributed by atoms with Crippen molar-refractivity contribution in [1.82, 2.24) is 4.90 Å². The van der Waals surface area contributed by atoms with Crippen LogP contribution in [0.4, 0.5) is 5.69 Å². The molecular weight excluding hydrogens is 450 g/mol. The first-order valence-electron chi connectivity index (χ1n) is 10.5. The number of fused-ring (bicyclic) bond motifs is 1. The molecule has 2 aromatic carbocycles. The number of nitrogens with zero attached hydrogens (tertiary/aromatic N) is 2. The Labute approximate surface area is 189 Å². The number of nitrogens with two attached hydrogens (primary N) is 1. The Hall–Kier alpha value is -2.27. The van der Waals surface area contributed by atoms with Crippen LogP contribution in [0.3, 0.4) is 0 Å². The number of anilines is 1. The molecule has 2 aromatic rings. The molecule has 2 fully saturated rings. The highest BCUT2D eigenvalue weighted by Gasteiger charge is 2.49. The molecule has 1 amide bonds. The van der Waals surface area contributed by atoms with Gasteiger partial charge in [0.2, 0.25) is 15.9 Å². The molecule has 8 nitrogen and oxygen atoms in total. The standard InChI is InChI=1S/C22H27N3O5S2/c1-2-16-3-7-18(8-4-16)25-21-15-31(27,28)14-20(21)24(13-22(25)26)12-11-17-5-9-19(10-6-17)32(23,29)30/h3-10,20-21H,2,11-15H2,1H3,(H2,23,29,30). The summed E-state index contributed by atoms with van der Waals surface area (Å²) in [6.45, 7) is 2.70. The van der Waals surface area contributed by atoms with Crippen LogP contribution in [0.2, 0.25) is 0 Å². The van der Waals surface area contributed by atoms with E-state index in [0.29, 0.717) is 13.0 Å². The second-order valence-corrected chi connectivity index (χ2v) is 12.1. The van der Waals surface area contributed by atoms with Gasteiger partial charge in [0.25, 0.3) is 0 Å². The Morgan fingerprint density at radius 2 is 1.56 bits per heavy atom. The molecular formula is C22H27N3O5S2. The lowest BCUT2D eigenvalue weighted by Gasteiger charge is -2.43. The third kappa shape index (κ3) is 4.73. The highest BCUT2D eigenvalue weighted by molar-refractivity contribution is 7.91. The van der Waals surface area contributed by atoms with E-state index in [0.717, 1.165) is 23.2 Å². The Morgan fingerprint density at radius 1 is 0.969 bits per heavy atom. The van der Waals surface area contributed by atoms with Gasteiger partial charge in [-0.15, -0.1) is 0 Å². The number of amides is 1. The summed E-state index contributed by atoms with van der Waals surface area (Å²) in [5.41, 5.74) is 2.78. The van der Waals surface area contributed by atoms with Gasteiger partial charge in [0.05, 0.1) is 29.0 Å². The molecule has 0 aromatic heterocycles. The van der Waals surface area contributed by atoms with Crippen molar-refractivity contribution < 1.29 is 21.6 Å². The maximum absolute atomic E-state index is 13.1. The van der Waals surface area contributed by atoms with E-state index in [1.54, 1.807) is 17.0 Å². The van der Waals surface area contributed by atoms with Crippen LogP contribution in [0.15, 0.2) is 53.4 Å². The van der Waals surface area contributed by atoms with Crippen molar-refractivity contribution in [2.75, 3.05) is 29.5 Å². The molecule has 10 heteroatoms. The number of benzene rings is 2. The zero-order chi connectivity index (χ0) is 23.1. The molecule has 32 heavy (non-hydrogen) atoms. The van der Waals surface area contributed by atoms with Gasteiger partial charge in [0, 0.05) is 18.3 Å². The molecule has 0 aliphatic carbocycles. The predicted molar refractivity (Wildman–Crippen MR) is 123 cm³/mol. The van der Waals surface area contributed by atoms with Crippen LogP contribution < -0.4 is 10.0 Å². The van der Waals surface area contributed by atoms with Crippen LogP contribution in [-0.4, -0.2) is 64.3 Å². The van der Waals surface area contributed by atoms with Gasteiger partial charge in [0.15, 0.2) is 9.84 Å². The highest BCUT2D eigenvalue weighted by Crippen LogP contribution is 2.32. The number of sulfone groups is 1. The zero-order valence-corrected chi connectivity index (χ0v) is 19.5. The number of sulfonamides is 1. The highest BCUT2D eigenvalue weighted by atomic mass is 32.2. The van der Waals surface area contributed by atoms with E-state index in [1.165, 1.54) is 12.1 Å². The third-order valence-corrected chi connectivity index (χ3v) is 8.89. The number of piperazine rings is 1. The average Bonchev–Trinajstić information content (AvgIpc) is 3.07. The maximum atomic E-state index is 13.1. The van der Waals surface area contributed by atoms with E-state index >= 15 is 0 Å². The van der Waals surface area contributed by atoms with Gasteiger partial charge >= 0.3 is 0 Å². The molecule has 0 saturated carbocycles. The largest absolute Gasteiger partial charge is 0.306 e. The molecule has 0 bridgehead atoms. The Balaban J connectivity index is 1.53. The smallest absolute Gasteiger partial charge is 0.241 e. The fraction of sp³-hybridized carbons (Fsp3) is 0.409. The van der Waals surface area contributed by atoms with Gasteiger partial charge in [-0.2, -0.15) is 0 Å². The lowest BCUT2D eigenvalue weighted by Crippen LogP contribution is -2.62. The van der Waals surface area contributed by atoms with Crippen LogP contribution in [0, 0.1) is 0 Å². The second kappa shape index (κ2) is 8.58. The van der Waals surface area contributed by atoms with Gasteiger partial charge in [-0.3, -0.25) is 9.69 Å². The first-order chi connectivity index (χ1) is 15.1. The predicted octanol–water partition coefficient (Wildman–Crippen LogP) is 0.953. The number of carbonyl (C=O) groups excluding carboxylic acids is 1. The number of rotatable bonds is 6. The quantitative estimate of drug-likeness (QED) is 0.662. The van der Waals surface area contributed by atoms with Crippen LogP contribution in [0.1, 0.15) is 18.1 Å². The van der Waals surface area contributed by atoms with Crippen molar-refractivity contribution in [1.29, 1.82) is 0 Å². The van der Waals surface area contributed by atoms with Crippen molar-refractivity contribution in [2.45, 2.75) is 36.7 Å². The van der Waals surface area contributed by atoms with Crippen molar-refractivity contribution in [3.63, 3.8) is 0 Å². The van der Waals surface area contributed by atoms with Gasteiger partial charge in [-0.1, -0.05) is 31.2 Å². The normalized spacial score (nSPS) is 23.3. The van der Waals surface area contributed by atoms with E-state index in [-0.39, 0.29) is 34.9 Å². The Kier molecular flexibility index (Phi) is 6.15. The number of primary sulfonamides is 1. The van der Waals surface area contributed by atoms with Crippen LogP contribution >= 0.6 is 0 Å². The summed E-state index contributed by atoms with van der Waals surface area (Å²) in [5.74, 6) is -0.130. The van der Waals surface area contributed by atoms with E-state index in [4.69, 9.17) is 5.14 Å². The minimum absolute atomic E-state index is 0.0266. The van der Waals surface area contributed by atoms with E-state index < -0.39 is 25.9 Å². The minimum atomic E-state index is -3.75. The Bertz CT molecular complexity index is 1210. The summed E-state index contributed by atoms with van der Waals surface area (Å²) >= 11 is 0. The molecule has 2 unspecified atom stereocenters. The van der Waals surface area contributed by atoms with Crippen molar-refractivity contribution in [3.8, 4) is 0 Å². The number of carbonyl (C=O) groups is 1. The summed E-state index contributed by atoms with van der Waals surface area (Å²) in [5, 5.41) is 5.14. The summed E-state index contributed by atoms with van der Waals surface area (Å²) in [4.78, 5) is 16.7. The first kappa shape index (κ1) is 22.9. The van der Waals surface area contributed by atoms with E-state index in [2.05, 4.69) is 6.92 Å². The summed E-state index contributed by atoms with van der Waals surface area (Å²) in [6, 6.07) is 13.3. The number of hydrogen-bond acceptors (Lipinski definition) is 6. The molecule has 2 atom stereocenters. The summed E-state index contributed by atoms with van der Waals surface area (Å²) in [6.07, 6.45) is 1.45. The van der Waals surface area contributed by atoms with Crippen molar-refractivity contribution in [3.05, 3.63) is 59.7 Å². The molecule has 2 aliphatic heterocycles. The molecule has 2 saturated heterocycles. The summed E-state index contributed by atoms with van der Waals surface area (Å²) < 4.78 is 47.8. The van der Waals surface area contributed by atoms with E-state index in [9.17, 15) is 21.6 Å². The summed E-state index contributed by atoms with van der Waals surface area (Å²) in [7, 11) is -7.01. The monoisotopic (exact) mass is 477 g/mol. The van der Waals surface area contributed by atoms with Crippen LogP contribution in [0.5, 0.6) is 0 Å². The minimum Gasteiger partial charge on any atom is -0.306 e. The first-order valence-corrected chi connectivity index (χ1v) is 13.9. The molecule has 0 radical (unpaired) electrons. The Morgan fingerprint density at radius 3 is 2.16 bits per heavy atom. The molecule has 2 heterocycles. The van der Waals surface area contributed by atoms with E-state index in [1.807, 2.05) is 29.2 Å². The number of hydrogen-bond donors (Lipinski definition) is 1. The fourth-order valence-electron chi connectivity index (χ4n) is 4.55. The van der Waals surface area contributed by atoms with Gasteiger partial charge < -0.3 is 4.90 Å². The van der Waals surface area contributed by atoms with Crippen LogP contribution in [-0.2, 0) is 37.5 Å². The number of aryl methyl sites for hydroxylation is 1. The second-order valence-electron chi connectivity index (χ2n) is 8.40. The molecule has 0 spiro atoms. The fourth-order valence-corrected chi connectivity index (χ4v) is 7.05. The molecule has 2 aliphatic rings. The maximum Gasteiger partial charge on any atom is 0.241 e. The molecule has 172 valence electrons. The third-order valence-electron chi connectivity index (χ3n) is 6.26. The van der Waals surface area contributed by atoms with Crippen molar-refractivity contribution >= 4 is 31.5 Å². The van der Waals surface area contributed by atoms with Crippen LogP contribution in [0.25, 0.3) is 0 Å². The zero-order valence-electron chi connectivity index (χ0n) is 17.8. The average molecular weight is 478 g/mol.